The van der Waals surface area contributed by atoms with Gasteiger partial charge in [-0.05, 0) is 48.0 Å². The third-order valence-electron chi connectivity index (χ3n) is 3.89. The molecule has 4 aromatic rings. The highest BCUT2D eigenvalue weighted by atomic mass is 19.1. The summed E-state index contributed by atoms with van der Waals surface area (Å²) in [6, 6.07) is 13.7. The Hall–Kier alpha value is -3.61. The molecule has 0 amide bonds. The zero-order valence-corrected chi connectivity index (χ0v) is 14.1. The highest BCUT2D eigenvalue weighted by Crippen LogP contribution is 2.22. The van der Waals surface area contributed by atoms with Crippen molar-refractivity contribution >= 4 is 16.7 Å². The maximum absolute atomic E-state index is 13.5. The topological polar surface area (TPSA) is 59.9 Å². The van der Waals surface area contributed by atoms with Gasteiger partial charge in [0.15, 0.2) is 0 Å². The standard InChI is InChI=1S/C20H14F2N4O/c21-14-2-5-16(6-3-14)27-19-8-1-13(10-23-19)11-24-20-17-9-15(22)4-7-18(17)25-12-26-20/h1-10,12H,11H2,(H,24,25,26). The van der Waals surface area contributed by atoms with Gasteiger partial charge in [0.1, 0.15) is 29.5 Å². The summed E-state index contributed by atoms with van der Waals surface area (Å²) in [5.41, 5.74) is 1.56. The van der Waals surface area contributed by atoms with Crippen LogP contribution in [0.25, 0.3) is 10.9 Å². The molecule has 0 aliphatic carbocycles. The molecule has 2 heterocycles. The van der Waals surface area contributed by atoms with Crippen LogP contribution in [0.4, 0.5) is 14.6 Å². The first-order valence-corrected chi connectivity index (χ1v) is 8.20. The number of hydrogen-bond donors (Lipinski definition) is 1. The van der Waals surface area contributed by atoms with Gasteiger partial charge in [-0.3, -0.25) is 0 Å². The molecule has 1 N–H and O–H groups in total. The van der Waals surface area contributed by atoms with Crippen LogP contribution in [0.1, 0.15) is 5.56 Å². The van der Waals surface area contributed by atoms with Crippen LogP contribution in [-0.2, 0) is 6.54 Å². The summed E-state index contributed by atoms with van der Waals surface area (Å²) in [7, 11) is 0. The summed E-state index contributed by atoms with van der Waals surface area (Å²) in [5, 5.41) is 3.78. The fourth-order valence-corrected chi connectivity index (χ4v) is 2.55. The van der Waals surface area contributed by atoms with E-state index in [4.69, 9.17) is 4.74 Å². The molecule has 0 unspecified atom stereocenters. The molecule has 0 saturated carbocycles. The number of benzene rings is 2. The maximum atomic E-state index is 13.5. The average molecular weight is 364 g/mol. The van der Waals surface area contributed by atoms with E-state index in [0.717, 1.165) is 5.56 Å². The molecule has 7 heteroatoms. The molecule has 5 nitrogen and oxygen atoms in total. The largest absolute Gasteiger partial charge is 0.439 e. The third kappa shape index (κ3) is 3.98. The van der Waals surface area contributed by atoms with Gasteiger partial charge in [0.2, 0.25) is 5.88 Å². The Balaban J connectivity index is 1.45. The van der Waals surface area contributed by atoms with Gasteiger partial charge in [0, 0.05) is 24.2 Å². The predicted octanol–water partition coefficient (Wildman–Crippen LogP) is 4.71. The summed E-state index contributed by atoms with van der Waals surface area (Å²) in [6.07, 6.45) is 3.09. The number of aromatic nitrogens is 3. The van der Waals surface area contributed by atoms with Gasteiger partial charge in [-0.2, -0.15) is 0 Å². The van der Waals surface area contributed by atoms with Gasteiger partial charge in [0.05, 0.1) is 5.52 Å². The van der Waals surface area contributed by atoms with Crippen LogP contribution in [0.15, 0.2) is 67.1 Å². The third-order valence-corrected chi connectivity index (χ3v) is 3.89. The van der Waals surface area contributed by atoms with Crippen molar-refractivity contribution in [3.63, 3.8) is 0 Å². The molecule has 0 saturated heterocycles. The molecule has 2 aromatic heterocycles. The van der Waals surface area contributed by atoms with E-state index in [2.05, 4.69) is 20.3 Å². The molecular formula is C20H14F2N4O. The minimum Gasteiger partial charge on any atom is -0.439 e. The number of anilines is 1. The van der Waals surface area contributed by atoms with E-state index in [-0.39, 0.29) is 11.6 Å². The minimum atomic E-state index is -0.343. The van der Waals surface area contributed by atoms with Crippen LogP contribution >= 0.6 is 0 Å². The summed E-state index contributed by atoms with van der Waals surface area (Å²) in [6.45, 7) is 0.451. The maximum Gasteiger partial charge on any atom is 0.219 e. The molecule has 0 aliphatic heterocycles. The quantitative estimate of drug-likeness (QED) is 0.556. The smallest absolute Gasteiger partial charge is 0.219 e. The molecule has 27 heavy (non-hydrogen) atoms. The Bertz CT molecular complexity index is 1070. The molecular weight excluding hydrogens is 350 g/mol. The Morgan fingerprint density at radius 3 is 2.44 bits per heavy atom. The van der Waals surface area contributed by atoms with Crippen molar-refractivity contribution in [3.8, 4) is 11.6 Å². The second kappa shape index (κ2) is 7.33. The highest BCUT2D eigenvalue weighted by Gasteiger charge is 2.06. The zero-order valence-electron chi connectivity index (χ0n) is 14.1. The molecule has 0 bridgehead atoms. The van der Waals surface area contributed by atoms with Crippen LogP contribution in [0.2, 0.25) is 0 Å². The highest BCUT2D eigenvalue weighted by molar-refractivity contribution is 5.88. The average Bonchev–Trinajstić information content (AvgIpc) is 2.69. The van der Waals surface area contributed by atoms with Crippen molar-refractivity contribution in [3.05, 3.63) is 84.3 Å². The normalized spacial score (nSPS) is 10.7. The lowest BCUT2D eigenvalue weighted by molar-refractivity contribution is 0.461. The minimum absolute atomic E-state index is 0.325. The predicted molar refractivity (Wildman–Crippen MR) is 97.5 cm³/mol. The number of halogens is 2. The summed E-state index contributed by atoms with van der Waals surface area (Å²) in [5.74, 6) is 0.786. The number of fused-ring (bicyclic) bond motifs is 1. The number of nitrogens with zero attached hydrogens (tertiary/aromatic N) is 3. The van der Waals surface area contributed by atoms with E-state index in [1.807, 2.05) is 6.07 Å². The van der Waals surface area contributed by atoms with Crippen LogP contribution in [-0.4, -0.2) is 15.0 Å². The van der Waals surface area contributed by atoms with Crippen LogP contribution in [0, 0.1) is 11.6 Å². The van der Waals surface area contributed by atoms with E-state index in [9.17, 15) is 8.78 Å². The Morgan fingerprint density at radius 1 is 0.852 bits per heavy atom. The summed E-state index contributed by atoms with van der Waals surface area (Å²) in [4.78, 5) is 12.5. The van der Waals surface area contributed by atoms with Gasteiger partial charge in [-0.25, -0.2) is 23.7 Å². The first kappa shape index (κ1) is 16.8. The molecule has 0 atom stereocenters. The molecule has 4 rings (SSSR count). The lowest BCUT2D eigenvalue weighted by atomic mass is 10.2. The van der Waals surface area contributed by atoms with Gasteiger partial charge in [-0.1, -0.05) is 6.07 Å². The van der Waals surface area contributed by atoms with E-state index < -0.39 is 0 Å². The summed E-state index contributed by atoms with van der Waals surface area (Å²) >= 11 is 0. The monoisotopic (exact) mass is 364 g/mol. The van der Waals surface area contributed by atoms with Crippen molar-refractivity contribution in [2.45, 2.75) is 6.54 Å². The lowest BCUT2D eigenvalue weighted by Crippen LogP contribution is -2.03. The van der Waals surface area contributed by atoms with Crippen LogP contribution in [0.3, 0.4) is 0 Å². The molecule has 0 radical (unpaired) electrons. The van der Waals surface area contributed by atoms with Gasteiger partial charge in [-0.15, -0.1) is 0 Å². The molecule has 2 aromatic carbocycles. The molecule has 0 spiro atoms. The molecule has 0 aliphatic rings. The van der Waals surface area contributed by atoms with Crippen molar-refractivity contribution in [1.29, 1.82) is 0 Å². The lowest BCUT2D eigenvalue weighted by Gasteiger charge is -2.09. The number of rotatable bonds is 5. The SMILES string of the molecule is Fc1ccc(Oc2ccc(CNc3ncnc4ccc(F)cc34)cn2)cc1. The summed E-state index contributed by atoms with van der Waals surface area (Å²) < 4.78 is 32.0. The molecule has 0 fully saturated rings. The van der Waals surface area contributed by atoms with Crippen molar-refractivity contribution in [1.82, 2.24) is 15.0 Å². The number of ether oxygens (including phenoxy) is 1. The van der Waals surface area contributed by atoms with Crippen LogP contribution < -0.4 is 10.1 Å². The van der Waals surface area contributed by atoms with Crippen molar-refractivity contribution in [2.24, 2.45) is 0 Å². The first-order valence-electron chi connectivity index (χ1n) is 8.20. The first-order chi connectivity index (χ1) is 13.2. The fourth-order valence-electron chi connectivity index (χ4n) is 2.55. The van der Waals surface area contributed by atoms with Gasteiger partial charge < -0.3 is 10.1 Å². The van der Waals surface area contributed by atoms with E-state index in [1.165, 1.54) is 42.7 Å². The van der Waals surface area contributed by atoms with E-state index in [1.54, 1.807) is 18.3 Å². The number of nitrogens with one attached hydrogen (secondary N) is 1. The van der Waals surface area contributed by atoms with Crippen LogP contribution in [0.5, 0.6) is 11.6 Å². The number of hydrogen-bond acceptors (Lipinski definition) is 5. The Labute approximate surface area is 153 Å². The van der Waals surface area contributed by atoms with Crippen molar-refractivity contribution in [2.75, 3.05) is 5.32 Å². The fraction of sp³-hybridized carbons (Fsp3) is 0.0500. The van der Waals surface area contributed by atoms with Gasteiger partial charge in [0.25, 0.3) is 0 Å². The Morgan fingerprint density at radius 2 is 1.67 bits per heavy atom. The van der Waals surface area contributed by atoms with E-state index in [0.29, 0.717) is 34.9 Å². The second-order valence-electron chi connectivity index (χ2n) is 5.80. The van der Waals surface area contributed by atoms with E-state index >= 15 is 0 Å². The zero-order chi connectivity index (χ0) is 18.6. The van der Waals surface area contributed by atoms with Gasteiger partial charge >= 0.3 is 0 Å². The Kier molecular flexibility index (Phi) is 4.57. The second-order valence-corrected chi connectivity index (χ2v) is 5.80. The number of pyridine rings is 1. The molecule has 134 valence electrons. The van der Waals surface area contributed by atoms with Crippen molar-refractivity contribution < 1.29 is 13.5 Å².